The van der Waals surface area contributed by atoms with E-state index in [1.807, 2.05) is 0 Å². The predicted molar refractivity (Wildman–Crippen MR) is 37.6 cm³/mol. The molecule has 0 fully saturated rings. The molecule has 0 saturated heterocycles. The summed E-state index contributed by atoms with van der Waals surface area (Å²) in [6.07, 6.45) is 2.47. The van der Waals surface area contributed by atoms with Crippen LogP contribution in [0.1, 0.15) is 26.7 Å². The maximum absolute atomic E-state index is 4.15. The van der Waals surface area contributed by atoms with Crippen molar-refractivity contribution in [2.75, 3.05) is 6.54 Å². The largest absolute Gasteiger partial charge is 0.194 e. The molecule has 0 spiro atoms. The molecule has 1 heterocycles. The summed E-state index contributed by atoms with van der Waals surface area (Å²) in [5.74, 6) is 0.675. The van der Waals surface area contributed by atoms with Crippen LogP contribution in [-0.2, 0) is 0 Å². The van der Waals surface area contributed by atoms with E-state index in [1.54, 1.807) is 0 Å². The lowest BCUT2D eigenvalue weighted by molar-refractivity contribution is 0.409. The zero-order chi connectivity index (χ0) is 6.69. The fraction of sp³-hybridized carbons (Fsp3) is 1.00. The van der Waals surface area contributed by atoms with E-state index in [4.69, 9.17) is 0 Å². The number of hydrogen-bond acceptors (Lipinski definition) is 2. The van der Waals surface area contributed by atoms with Gasteiger partial charge in [0, 0.05) is 0 Å². The molecule has 0 aromatic carbocycles. The van der Waals surface area contributed by atoms with Crippen LogP contribution in [0.3, 0.4) is 0 Å². The first-order valence-corrected chi connectivity index (χ1v) is 3.67. The quantitative estimate of drug-likeness (QED) is 0.515. The van der Waals surface area contributed by atoms with Crippen molar-refractivity contribution in [2.45, 2.75) is 32.7 Å². The summed E-state index contributed by atoms with van der Waals surface area (Å²) in [5, 5.41) is 8.16. The fourth-order valence-electron chi connectivity index (χ4n) is 1.06. The van der Waals surface area contributed by atoms with Crippen LogP contribution >= 0.6 is 0 Å². The molecule has 0 saturated carbocycles. The minimum Gasteiger partial charge on any atom is -0.194 e. The highest BCUT2D eigenvalue weighted by atomic mass is 15.1. The first-order chi connectivity index (χ1) is 4.30. The number of nitrogens with zero attached hydrogens (tertiary/aromatic N) is 2. The zero-order valence-electron chi connectivity index (χ0n) is 6.17. The van der Waals surface area contributed by atoms with E-state index in [-0.39, 0.29) is 0 Å². The smallest absolute Gasteiger partial charge is 0.0731 e. The first-order valence-electron chi connectivity index (χ1n) is 3.67. The van der Waals surface area contributed by atoms with Crippen LogP contribution in [0, 0.1) is 5.92 Å². The molecule has 9 heavy (non-hydrogen) atoms. The van der Waals surface area contributed by atoms with Gasteiger partial charge in [-0.2, -0.15) is 10.2 Å². The molecule has 52 valence electrons. The maximum atomic E-state index is 4.15. The Morgan fingerprint density at radius 2 is 2.22 bits per heavy atom. The summed E-state index contributed by atoms with van der Waals surface area (Å²) in [6, 6.07) is 0.513. The van der Waals surface area contributed by atoms with Crippen molar-refractivity contribution in [3.05, 3.63) is 0 Å². The second kappa shape index (κ2) is 2.95. The van der Waals surface area contributed by atoms with E-state index in [9.17, 15) is 0 Å². The van der Waals surface area contributed by atoms with Crippen molar-refractivity contribution in [1.82, 2.24) is 0 Å². The Bertz CT molecular complexity index is 107. The van der Waals surface area contributed by atoms with Crippen LogP contribution in [-0.4, -0.2) is 12.6 Å². The van der Waals surface area contributed by atoms with Gasteiger partial charge in [0.05, 0.1) is 12.6 Å². The van der Waals surface area contributed by atoms with Gasteiger partial charge in [-0.05, 0) is 18.8 Å². The second-order valence-electron chi connectivity index (χ2n) is 2.93. The molecule has 1 aliphatic heterocycles. The molecule has 0 aromatic rings. The molecule has 1 rings (SSSR count). The molecule has 0 amide bonds. The monoisotopic (exact) mass is 126 g/mol. The van der Waals surface area contributed by atoms with Crippen LogP contribution in [0.4, 0.5) is 0 Å². The van der Waals surface area contributed by atoms with E-state index in [2.05, 4.69) is 24.1 Å². The second-order valence-corrected chi connectivity index (χ2v) is 2.93. The molecule has 1 aliphatic rings. The normalized spacial score (nSPS) is 27.2. The third-order valence-corrected chi connectivity index (χ3v) is 1.76. The van der Waals surface area contributed by atoms with E-state index < -0.39 is 0 Å². The lowest BCUT2D eigenvalue weighted by Gasteiger charge is -2.17. The fourth-order valence-corrected chi connectivity index (χ4v) is 1.06. The Kier molecular flexibility index (Phi) is 2.20. The van der Waals surface area contributed by atoms with Crippen LogP contribution in [0.15, 0.2) is 10.2 Å². The number of hydrogen-bond donors (Lipinski definition) is 0. The van der Waals surface area contributed by atoms with Gasteiger partial charge in [-0.1, -0.05) is 13.8 Å². The molecule has 1 atom stereocenters. The molecule has 2 nitrogen and oxygen atoms in total. The summed E-state index contributed by atoms with van der Waals surface area (Å²) >= 11 is 0. The third kappa shape index (κ3) is 1.77. The summed E-state index contributed by atoms with van der Waals surface area (Å²) < 4.78 is 0. The van der Waals surface area contributed by atoms with Crippen LogP contribution in [0.2, 0.25) is 0 Å². The molecule has 1 unspecified atom stereocenters. The molecule has 0 aromatic heterocycles. The highest BCUT2D eigenvalue weighted by Gasteiger charge is 2.13. The summed E-state index contributed by atoms with van der Waals surface area (Å²) in [5.41, 5.74) is 0. The van der Waals surface area contributed by atoms with Crippen molar-refractivity contribution >= 4 is 0 Å². The number of azo groups is 1. The van der Waals surface area contributed by atoms with Gasteiger partial charge in [0.25, 0.3) is 0 Å². The highest BCUT2D eigenvalue weighted by molar-refractivity contribution is 4.71. The minimum atomic E-state index is 0.513. The first kappa shape index (κ1) is 6.72. The minimum absolute atomic E-state index is 0.513. The molecular formula is C7H14N2. The van der Waals surface area contributed by atoms with Crippen molar-refractivity contribution < 1.29 is 0 Å². The van der Waals surface area contributed by atoms with Crippen LogP contribution in [0.5, 0.6) is 0 Å². The molecule has 0 bridgehead atoms. The summed E-state index contributed by atoms with van der Waals surface area (Å²) in [6.45, 7) is 5.35. The average Bonchev–Trinajstić information content (AvgIpc) is 1.90. The van der Waals surface area contributed by atoms with E-state index in [0.717, 1.165) is 6.54 Å². The van der Waals surface area contributed by atoms with Crippen molar-refractivity contribution in [1.29, 1.82) is 0 Å². The van der Waals surface area contributed by atoms with Gasteiger partial charge in [0.15, 0.2) is 0 Å². The van der Waals surface area contributed by atoms with Gasteiger partial charge in [-0.3, -0.25) is 0 Å². The standard InChI is InChI=1S/C7H14N2/c1-6(2)7-4-3-5-8-9-7/h6-7H,3-5H2,1-2H3. The van der Waals surface area contributed by atoms with Crippen molar-refractivity contribution in [2.24, 2.45) is 16.1 Å². The lowest BCUT2D eigenvalue weighted by atomic mass is 10.00. The Balaban J connectivity index is 2.40. The zero-order valence-corrected chi connectivity index (χ0v) is 6.17. The molecule has 2 heteroatoms. The van der Waals surface area contributed by atoms with Gasteiger partial charge in [0.2, 0.25) is 0 Å². The number of rotatable bonds is 1. The van der Waals surface area contributed by atoms with Crippen LogP contribution in [0.25, 0.3) is 0 Å². The van der Waals surface area contributed by atoms with Gasteiger partial charge < -0.3 is 0 Å². The molecule has 0 aliphatic carbocycles. The van der Waals surface area contributed by atoms with Gasteiger partial charge >= 0.3 is 0 Å². The van der Waals surface area contributed by atoms with E-state index >= 15 is 0 Å². The van der Waals surface area contributed by atoms with Crippen molar-refractivity contribution in [3.8, 4) is 0 Å². The summed E-state index contributed by atoms with van der Waals surface area (Å²) in [4.78, 5) is 0. The lowest BCUT2D eigenvalue weighted by Crippen LogP contribution is -2.15. The molecular weight excluding hydrogens is 112 g/mol. The SMILES string of the molecule is CC(C)C1CCCN=N1. The Morgan fingerprint density at radius 1 is 1.44 bits per heavy atom. The van der Waals surface area contributed by atoms with Crippen LogP contribution < -0.4 is 0 Å². The predicted octanol–water partition coefficient (Wildman–Crippen LogP) is 2.26. The average molecular weight is 126 g/mol. The Labute approximate surface area is 56.4 Å². The Morgan fingerprint density at radius 3 is 2.56 bits per heavy atom. The maximum Gasteiger partial charge on any atom is 0.0731 e. The Hall–Kier alpha value is -0.400. The molecule has 0 N–H and O–H groups in total. The van der Waals surface area contributed by atoms with Crippen molar-refractivity contribution in [3.63, 3.8) is 0 Å². The van der Waals surface area contributed by atoms with Gasteiger partial charge in [-0.25, -0.2) is 0 Å². The van der Waals surface area contributed by atoms with E-state index in [1.165, 1.54) is 12.8 Å². The van der Waals surface area contributed by atoms with Gasteiger partial charge in [0.1, 0.15) is 0 Å². The molecule has 0 radical (unpaired) electrons. The topological polar surface area (TPSA) is 24.7 Å². The van der Waals surface area contributed by atoms with Gasteiger partial charge in [-0.15, -0.1) is 0 Å². The third-order valence-electron chi connectivity index (χ3n) is 1.76. The van der Waals surface area contributed by atoms with E-state index in [0.29, 0.717) is 12.0 Å². The highest BCUT2D eigenvalue weighted by Crippen LogP contribution is 2.16. The summed E-state index contributed by atoms with van der Waals surface area (Å²) in [7, 11) is 0.